The number of para-hydroxylation sites is 2. The van der Waals surface area contributed by atoms with Gasteiger partial charge in [-0.1, -0.05) is 98.8 Å². The molecule has 0 radical (unpaired) electrons. The second-order valence-corrected chi connectivity index (χ2v) is 11.3. The average Bonchev–Trinajstić information content (AvgIpc) is 3.58. The molecule has 0 atom stereocenters. The third kappa shape index (κ3) is 2.61. The summed E-state index contributed by atoms with van der Waals surface area (Å²) in [5.41, 5.74) is 10.9. The first-order valence-electron chi connectivity index (χ1n) is 13.6. The molecule has 0 N–H and O–H groups in total. The monoisotopic (exact) mass is 499 g/mol. The largest absolute Gasteiger partial charge is 0.456 e. The minimum atomic E-state index is -0.146. The first-order valence-corrected chi connectivity index (χ1v) is 13.6. The Bertz CT molecular complexity index is 2310. The fourth-order valence-electron chi connectivity index (χ4n) is 7.24. The number of furan rings is 1. The zero-order chi connectivity index (χ0) is 25.9. The van der Waals surface area contributed by atoms with Gasteiger partial charge in [0.15, 0.2) is 0 Å². The van der Waals surface area contributed by atoms with Gasteiger partial charge in [0.1, 0.15) is 11.2 Å². The van der Waals surface area contributed by atoms with Gasteiger partial charge < -0.3 is 8.98 Å². The van der Waals surface area contributed by atoms with E-state index in [1.165, 1.54) is 54.8 Å². The van der Waals surface area contributed by atoms with E-state index in [1.54, 1.807) is 0 Å². The van der Waals surface area contributed by atoms with Crippen LogP contribution in [0.3, 0.4) is 0 Å². The Morgan fingerprint density at radius 1 is 0.590 bits per heavy atom. The first-order chi connectivity index (χ1) is 19.1. The molecule has 0 amide bonds. The molecule has 2 heteroatoms. The Morgan fingerprint density at radius 2 is 1.33 bits per heavy atom. The Balaban J connectivity index is 1.45. The molecule has 0 fully saturated rings. The molecule has 1 aliphatic rings. The molecule has 0 unspecified atom stereocenters. The molecule has 2 nitrogen and oxygen atoms in total. The van der Waals surface area contributed by atoms with Gasteiger partial charge in [0.25, 0.3) is 0 Å². The quantitative estimate of drug-likeness (QED) is 0.220. The van der Waals surface area contributed by atoms with E-state index in [0.29, 0.717) is 0 Å². The first kappa shape index (κ1) is 21.2. The average molecular weight is 500 g/mol. The van der Waals surface area contributed by atoms with Crippen LogP contribution in [-0.2, 0) is 5.41 Å². The summed E-state index contributed by atoms with van der Waals surface area (Å²) in [5.74, 6) is 0. The lowest BCUT2D eigenvalue weighted by atomic mass is 9.81. The Kier molecular flexibility index (Phi) is 3.89. The topological polar surface area (TPSA) is 18.1 Å². The zero-order valence-corrected chi connectivity index (χ0v) is 21.8. The predicted octanol–water partition coefficient (Wildman–Crippen LogP) is 10.1. The number of fused-ring (bicyclic) bond motifs is 12. The number of benzene rings is 6. The van der Waals surface area contributed by atoms with E-state index in [2.05, 4.69) is 122 Å². The lowest BCUT2D eigenvalue weighted by molar-refractivity contribution is 0.664. The molecule has 0 bridgehead atoms. The molecule has 6 aromatic carbocycles. The maximum absolute atomic E-state index is 6.18. The van der Waals surface area contributed by atoms with E-state index in [9.17, 15) is 0 Å². The Hall–Kier alpha value is -4.82. The molecule has 39 heavy (non-hydrogen) atoms. The highest BCUT2D eigenvalue weighted by atomic mass is 16.3. The molecule has 8 aromatic rings. The molecule has 0 spiro atoms. The van der Waals surface area contributed by atoms with Crippen molar-refractivity contribution in [3.63, 3.8) is 0 Å². The van der Waals surface area contributed by atoms with Gasteiger partial charge in [-0.3, -0.25) is 0 Å². The van der Waals surface area contributed by atoms with Crippen molar-refractivity contribution in [2.24, 2.45) is 0 Å². The number of nitrogens with zero attached hydrogens (tertiary/aromatic N) is 1. The minimum absolute atomic E-state index is 0.146. The number of rotatable bonds is 1. The van der Waals surface area contributed by atoms with Crippen LogP contribution in [-0.4, -0.2) is 4.57 Å². The van der Waals surface area contributed by atoms with Crippen molar-refractivity contribution >= 4 is 54.5 Å². The summed E-state index contributed by atoms with van der Waals surface area (Å²) < 4.78 is 8.67. The standard InChI is InChI=1S/C37H25NO/c1-37(2)30-19-15-22-9-3-4-10-24(22)34(30)28-18-17-27-25-11-5-7-13-31(25)38(36(27)35(28)37)23-16-20-33-29(21-23)26-12-6-8-14-32(26)39-33/h3-21H,1-2H3. The smallest absolute Gasteiger partial charge is 0.135 e. The van der Waals surface area contributed by atoms with Crippen molar-refractivity contribution in [2.45, 2.75) is 19.3 Å². The van der Waals surface area contributed by atoms with E-state index in [1.807, 2.05) is 12.1 Å². The molecule has 184 valence electrons. The molecule has 1 aliphatic carbocycles. The van der Waals surface area contributed by atoms with E-state index in [0.717, 1.165) is 27.6 Å². The van der Waals surface area contributed by atoms with Crippen molar-refractivity contribution in [1.29, 1.82) is 0 Å². The highest BCUT2D eigenvalue weighted by Gasteiger charge is 2.39. The summed E-state index contributed by atoms with van der Waals surface area (Å²) >= 11 is 0. The summed E-state index contributed by atoms with van der Waals surface area (Å²) in [7, 11) is 0. The molecular weight excluding hydrogens is 474 g/mol. The number of hydrogen-bond donors (Lipinski definition) is 0. The second kappa shape index (κ2) is 7.18. The fraction of sp³-hybridized carbons (Fsp3) is 0.0811. The molecule has 2 heterocycles. The van der Waals surface area contributed by atoms with Crippen molar-refractivity contribution in [3.8, 4) is 16.8 Å². The van der Waals surface area contributed by atoms with Crippen LogP contribution in [0.5, 0.6) is 0 Å². The lowest BCUT2D eigenvalue weighted by Gasteiger charge is -2.24. The molecule has 2 aromatic heterocycles. The van der Waals surface area contributed by atoms with Crippen LogP contribution >= 0.6 is 0 Å². The summed E-state index contributed by atoms with van der Waals surface area (Å²) in [6, 6.07) is 41.9. The lowest BCUT2D eigenvalue weighted by Crippen LogP contribution is -2.16. The SMILES string of the molecule is CC1(C)c2ccc3ccccc3c2-c2ccc3c4ccccc4n(-c4ccc5oc6ccccc6c5c4)c3c21. The maximum Gasteiger partial charge on any atom is 0.135 e. The van der Waals surface area contributed by atoms with Gasteiger partial charge in [-0.05, 0) is 63.4 Å². The van der Waals surface area contributed by atoms with Crippen LogP contribution in [0, 0.1) is 0 Å². The third-order valence-corrected chi connectivity index (χ3v) is 8.95. The van der Waals surface area contributed by atoms with Crippen molar-refractivity contribution in [3.05, 3.63) is 126 Å². The molecule has 0 aliphatic heterocycles. The van der Waals surface area contributed by atoms with E-state index >= 15 is 0 Å². The molecule has 0 saturated carbocycles. The van der Waals surface area contributed by atoms with Gasteiger partial charge >= 0.3 is 0 Å². The predicted molar refractivity (Wildman–Crippen MR) is 163 cm³/mol. The molecule has 9 rings (SSSR count). The van der Waals surface area contributed by atoms with Crippen LogP contribution < -0.4 is 0 Å². The van der Waals surface area contributed by atoms with Gasteiger partial charge in [0.2, 0.25) is 0 Å². The number of aromatic nitrogens is 1. The van der Waals surface area contributed by atoms with Crippen molar-refractivity contribution in [2.75, 3.05) is 0 Å². The Morgan fingerprint density at radius 3 is 2.23 bits per heavy atom. The van der Waals surface area contributed by atoms with Crippen molar-refractivity contribution in [1.82, 2.24) is 4.57 Å². The Labute approximate surface area is 225 Å². The second-order valence-electron chi connectivity index (χ2n) is 11.3. The van der Waals surface area contributed by atoms with E-state index < -0.39 is 0 Å². The van der Waals surface area contributed by atoms with Gasteiger partial charge in [-0.25, -0.2) is 0 Å². The van der Waals surface area contributed by atoms with Gasteiger partial charge in [0.05, 0.1) is 11.0 Å². The van der Waals surface area contributed by atoms with Crippen molar-refractivity contribution < 1.29 is 4.42 Å². The van der Waals surface area contributed by atoms with Crippen LogP contribution in [0.4, 0.5) is 0 Å². The highest BCUT2D eigenvalue weighted by molar-refractivity contribution is 6.15. The minimum Gasteiger partial charge on any atom is -0.456 e. The molecule has 0 saturated heterocycles. The van der Waals surface area contributed by atoms with E-state index in [-0.39, 0.29) is 5.41 Å². The normalized spacial score (nSPS) is 14.1. The summed E-state index contributed by atoms with van der Waals surface area (Å²) in [6.07, 6.45) is 0. The van der Waals surface area contributed by atoms with Gasteiger partial charge in [-0.2, -0.15) is 0 Å². The van der Waals surface area contributed by atoms with Gasteiger partial charge in [-0.15, -0.1) is 0 Å². The zero-order valence-electron chi connectivity index (χ0n) is 21.8. The molecular formula is C37H25NO. The third-order valence-electron chi connectivity index (χ3n) is 8.95. The van der Waals surface area contributed by atoms with E-state index in [4.69, 9.17) is 4.42 Å². The van der Waals surface area contributed by atoms with Crippen LogP contribution in [0.2, 0.25) is 0 Å². The van der Waals surface area contributed by atoms with Crippen LogP contribution in [0.1, 0.15) is 25.0 Å². The van der Waals surface area contributed by atoms with Gasteiger partial charge in [0, 0.05) is 32.6 Å². The maximum atomic E-state index is 6.18. The highest BCUT2D eigenvalue weighted by Crippen LogP contribution is 2.54. The fourth-order valence-corrected chi connectivity index (χ4v) is 7.24. The summed E-state index contributed by atoms with van der Waals surface area (Å²) in [6.45, 7) is 4.78. The summed E-state index contributed by atoms with van der Waals surface area (Å²) in [4.78, 5) is 0. The van der Waals surface area contributed by atoms with Crippen LogP contribution in [0.15, 0.2) is 120 Å². The summed E-state index contributed by atoms with van der Waals surface area (Å²) in [5, 5.41) is 7.50. The number of hydrogen-bond acceptors (Lipinski definition) is 1. The van der Waals surface area contributed by atoms with Crippen LogP contribution in [0.25, 0.3) is 71.3 Å².